The zero-order valence-electron chi connectivity index (χ0n) is 10.0. The molecule has 20 heavy (non-hydrogen) atoms. The highest BCUT2D eigenvalue weighted by molar-refractivity contribution is 6.30. The van der Waals surface area contributed by atoms with E-state index in [0.29, 0.717) is 10.5 Å². The molecule has 0 spiro atoms. The van der Waals surface area contributed by atoms with Crippen LogP contribution in [0.3, 0.4) is 0 Å². The maximum atomic E-state index is 13.0. The van der Waals surface area contributed by atoms with Gasteiger partial charge in [0.2, 0.25) is 0 Å². The number of pyridine rings is 1. The van der Waals surface area contributed by atoms with Crippen LogP contribution in [0.15, 0.2) is 48.8 Å². The molecule has 0 saturated heterocycles. The number of imidazole rings is 1. The van der Waals surface area contributed by atoms with E-state index in [9.17, 15) is 13.2 Å². The molecule has 2 nitrogen and oxygen atoms in total. The fraction of sp³-hybridized carbons (Fsp3) is 0.0714. The number of halogens is 4. The lowest BCUT2D eigenvalue weighted by Gasteiger charge is -2.11. The van der Waals surface area contributed by atoms with Crippen LogP contribution in [0.2, 0.25) is 5.02 Å². The van der Waals surface area contributed by atoms with Gasteiger partial charge in [0.25, 0.3) is 0 Å². The Bertz CT molecular complexity index is 777. The van der Waals surface area contributed by atoms with Crippen molar-refractivity contribution < 1.29 is 13.2 Å². The average Bonchev–Trinajstić information content (AvgIpc) is 2.80. The maximum Gasteiger partial charge on any atom is 0.417 e. The third-order valence-corrected chi connectivity index (χ3v) is 3.20. The maximum absolute atomic E-state index is 13.0. The molecule has 0 unspecified atom stereocenters. The molecule has 0 amide bonds. The van der Waals surface area contributed by atoms with Crippen molar-refractivity contribution in [2.45, 2.75) is 6.18 Å². The van der Waals surface area contributed by atoms with Crippen molar-refractivity contribution in [2.24, 2.45) is 0 Å². The van der Waals surface area contributed by atoms with Gasteiger partial charge in [-0.2, -0.15) is 13.2 Å². The Morgan fingerprint density at radius 2 is 1.85 bits per heavy atom. The highest BCUT2D eigenvalue weighted by Gasteiger charge is 2.34. The summed E-state index contributed by atoms with van der Waals surface area (Å²) >= 11 is 5.86. The summed E-state index contributed by atoms with van der Waals surface area (Å²) in [6, 6.07) is 8.63. The van der Waals surface area contributed by atoms with E-state index in [4.69, 9.17) is 11.6 Å². The highest BCUT2D eigenvalue weighted by atomic mass is 35.5. The summed E-state index contributed by atoms with van der Waals surface area (Å²) in [5.41, 5.74) is -0.0192. The largest absolute Gasteiger partial charge is 0.417 e. The lowest BCUT2D eigenvalue weighted by Crippen LogP contribution is -2.07. The first-order valence-electron chi connectivity index (χ1n) is 5.76. The molecule has 102 valence electrons. The van der Waals surface area contributed by atoms with Crippen molar-refractivity contribution in [3.05, 3.63) is 59.4 Å². The van der Waals surface area contributed by atoms with Gasteiger partial charge in [-0.05, 0) is 18.2 Å². The summed E-state index contributed by atoms with van der Waals surface area (Å²) in [6.07, 6.45) is -1.32. The predicted molar refractivity (Wildman–Crippen MR) is 70.6 cm³/mol. The first-order chi connectivity index (χ1) is 9.47. The van der Waals surface area contributed by atoms with E-state index in [1.54, 1.807) is 28.8 Å². The molecule has 0 saturated carbocycles. The number of benzene rings is 1. The van der Waals surface area contributed by atoms with Gasteiger partial charge in [-0.15, -0.1) is 0 Å². The summed E-state index contributed by atoms with van der Waals surface area (Å²) in [5, 5.41) is 0.507. The van der Waals surface area contributed by atoms with Crippen molar-refractivity contribution in [3.63, 3.8) is 0 Å². The van der Waals surface area contributed by atoms with E-state index in [0.717, 1.165) is 6.07 Å². The second-order valence-corrected chi connectivity index (χ2v) is 4.70. The molecular formula is C14H8ClF3N2. The Balaban J connectivity index is 2.27. The van der Waals surface area contributed by atoms with Crippen LogP contribution in [0.4, 0.5) is 13.2 Å². The molecule has 0 aliphatic heterocycles. The van der Waals surface area contributed by atoms with Crippen molar-refractivity contribution in [3.8, 4) is 11.4 Å². The van der Waals surface area contributed by atoms with Crippen LogP contribution in [0.5, 0.6) is 0 Å². The van der Waals surface area contributed by atoms with Gasteiger partial charge in [-0.1, -0.05) is 29.8 Å². The van der Waals surface area contributed by atoms with Crippen molar-refractivity contribution in [1.29, 1.82) is 0 Å². The minimum Gasteiger partial charge on any atom is -0.300 e. The smallest absolute Gasteiger partial charge is 0.300 e. The Labute approximate surface area is 117 Å². The molecule has 2 heterocycles. The number of hydrogen-bond acceptors (Lipinski definition) is 1. The number of alkyl halides is 3. The average molecular weight is 297 g/mol. The molecule has 0 aliphatic rings. The molecular weight excluding hydrogens is 289 g/mol. The first-order valence-corrected chi connectivity index (χ1v) is 6.14. The summed E-state index contributed by atoms with van der Waals surface area (Å²) in [7, 11) is 0. The standard InChI is InChI=1S/C14H8ClF3N2/c15-9-5-6-20-10(7-9)8-19-13(20)11-3-1-2-4-12(11)14(16,17)18/h1-8H. The first kappa shape index (κ1) is 13.0. The minimum absolute atomic E-state index is 0.0438. The lowest BCUT2D eigenvalue weighted by molar-refractivity contribution is -0.137. The van der Waals surface area contributed by atoms with E-state index < -0.39 is 11.7 Å². The summed E-state index contributed by atoms with van der Waals surface area (Å²) in [5.74, 6) is 0.240. The number of hydrogen-bond donors (Lipinski definition) is 0. The normalized spacial score (nSPS) is 12.0. The fourth-order valence-electron chi connectivity index (χ4n) is 2.10. The Morgan fingerprint density at radius 1 is 1.10 bits per heavy atom. The quantitative estimate of drug-likeness (QED) is 0.637. The van der Waals surface area contributed by atoms with E-state index >= 15 is 0 Å². The summed E-state index contributed by atoms with van der Waals surface area (Å²) in [6.45, 7) is 0. The zero-order valence-corrected chi connectivity index (χ0v) is 10.8. The third-order valence-electron chi connectivity index (χ3n) is 2.97. The predicted octanol–water partition coefficient (Wildman–Crippen LogP) is 4.67. The highest BCUT2D eigenvalue weighted by Crippen LogP contribution is 2.36. The molecule has 3 rings (SSSR count). The lowest BCUT2D eigenvalue weighted by atomic mass is 10.1. The number of fused-ring (bicyclic) bond motifs is 1. The molecule has 1 aromatic carbocycles. The molecule has 0 fully saturated rings. The van der Waals surface area contributed by atoms with Crippen molar-refractivity contribution in [1.82, 2.24) is 9.38 Å². The Kier molecular flexibility index (Phi) is 2.94. The van der Waals surface area contributed by atoms with Crippen LogP contribution in [-0.4, -0.2) is 9.38 Å². The van der Waals surface area contributed by atoms with Gasteiger partial charge in [0, 0.05) is 16.8 Å². The van der Waals surface area contributed by atoms with Crippen molar-refractivity contribution in [2.75, 3.05) is 0 Å². The van der Waals surface area contributed by atoms with Crippen LogP contribution in [0.25, 0.3) is 16.9 Å². The SMILES string of the molecule is FC(F)(F)c1ccccc1-c1ncc2cc(Cl)ccn12. The van der Waals surface area contributed by atoms with E-state index in [1.165, 1.54) is 18.3 Å². The monoisotopic (exact) mass is 296 g/mol. The van der Waals surface area contributed by atoms with E-state index in [-0.39, 0.29) is 11.4 Å². The Morgan fingerprint density at radius 3 is 2.60 bits per heavy atom. The Hall–Kier alpha value is -2.01. The van der Waals surface area contributed by atoms with E-state index in [2.05, 4.69) is 4.98 Å². The van der Waals surface area contributed by atoms with Gasteiger partial charge in [-0.3, -0.25) is 4.40 Å². The second-order valence-electron chi connectivity index (χ2n) is 4.26. The molecule has 0 bridgehead atoms. The molecule has 3 aromatic rings. The third kappa shape index (κ3) is 2.14. The van der Waals surface area contributed by atoms with Gasteiger partial charge < -0.3 is 0 Å². The van der Waals surface area contributed by atoms with Crippen molar-refractivity contribution >= 4 is 17.1 Å². The topological polar surface area (TPSA) is 17.3 Å². The molecule has 0 N–H and O–H groups in total. The van der Waals surface area contributed by atoms with Gasteiger partial charge >= 0.3 is 6.18 Å². The van der Waals surface area contributed by atoms with Gasteiger partial charge in [0.15, 0.2) is 0 Å². The van der Waals surface area contributed by atoms with Gasteiger partial charge in [0.05, 0.1) is 17.3 Å². The number of nitrogens with zero attached hydrogens (tertiary/aromatic N) is 2. The van der Waals surface area contributed by atoms with Crippen LogP contribution in [-0.2, 0) is 6.18 Å². The minimum atomic E-state index is -4.42. The van der Waals surface area contributed by atoms with E-state index in [1.807, 2.05) is 0 Å². The molecule has 6 heteroatoms. The van der Waals surface area contributed by atoms with Gasteiger partial charge in [0.1, 0.15) is 5.82 Å². The zero-order chi connectivity index (χ0) is 14.3. The fourth-order valence-corrected chi connectivity index (χ4v) is 2.27. The summed E-state index contributed by atoms with van der Waals surface area (Å²) in [4.78, 5) is 4.09. The second kappa shape index (κ2) is 4.52. The van der Waals surface area contributed by atoms with Crippen LogP contribution in [0, 0.1) is 0 Å². The molecule has 2 aromatic heterocycles. The van der Waals surface area contributed by atoms with Gasteiger partial charge in [-0.25, -0.2) is 4.98 Å². The molecule has 0 radical (unpaired) electrons. The van der Waals surface area contributed by atoms with Crippen LogP contribution in [0.1, 0.15) is 5.56 Å². The molecule has 0 atom stereocenters. The van der Waals surface area contributed by atoms with Crippen LogP contribution >= 0.6 is 11.6 Å². The number of rotatable bonds is 1. The number of aromatic nitrogens is 2. The molecule has 0 aliphatic carbocycles. The summed E-state index contributed by atoms with van der Waals surface area (Å²) < 4.78 is 40.7. The van der Waals surface area contributed by atoms with Crippen LogP contribution < -0.4 is 0 Å².